The van der Waals surface area contributed by atoms with Crippen molar-refractivity contribution in [2.75, 3.05) is 6.54 Å². The molecule has 1 aromatic heterocycles. The molecule has 1 heterocycles. The number of hydrogen-bond donors (Lipinski definition) is 7. The Bertz CT molecular complexity index is 765. The Hall–Kier alpha value is -3.48. The SMILES string of the molecule is CC(C)C(NC(=O)C(Cc1cnc[nH]1)NC(=O)C(CC(=O)O)NC(=O)CN)C(=O)O. The van der Waals surface area contributed by atoms with Crippen LogP contribution in [0.1, 0.15) is 26.0 Å². The summed E-state index contributed by atoms with van der Waals surface area (Å²) in [4.78, 5) is 65.8. The average Bonchev–Trinajstić information content (AvgIpc) is 3.16. The minimum absolute atomic E-state index is 0.0768. The molecular formula is C17H26N6O7. The van der Waals surface area contributed by atoms with Crippen molar-refractivity contribution in [1.29, 1.82) is 0 Å². The Balaban J connectivity index is 3.03. The van der Waals surface area contributed by atoms with E-state index in [0.717, 1.165) is 0 Å². The largest absolute Gasteiger partial charge is 0.481 e. The zero-order valence-electron chi connectivity index (χ0n) is 16.5. The number of aromatic amines is 1. The normalized spacial score (nSPS) is 13.7. The topological polar surface area (TPSA) is 217 Å². The molecule has 0 aliphatic rings. The summed E-state index contributed by atoms with van der Waals surface area (Å²) in [7, 11) is 0. The first kappa shape index (κ1) is 24.6. The van der Waals surface area contributed by atoms with E-state index in [0.29, 0.717) is 5.69 Å². The van der Waals surface area contributed by atoms with Crippen molar-refractivity contribution >= 4 is 29.7 Å². The van der Waals surface area contributed by atoms with Gasteiger partial charge in [-0.05, 0) is 5.92 Å². The Morgan fingerprint density at radius 1 is 1.07 bits per heavy atom. The Morgan fingerprint density at radius 2 is 1.70 bits per heavy atom. The van der Waals surface area contributed by atoms with Crippen molar-refractivity contribution in [1.82, 2.24) is 25.9 Å². The number of carboxylic acid groups (broad SMARTS) is 2. The van der Waals surface area contributed by atoms with Crippen LogP contribution in [0.5, 0.6) is 0 Å². The minimum atomic E-state index is -1.48. The Kier molecular flexibility index (Phi) is 9.42. The fourth-order valence-electron chi connectivity index (χ4n) is 2.50. The fraction of sp³-hybridized carbons (Fsp3) is 0.529. The van der Waals surface area contributed by atoms with Gasteiger partial charge >= 0.3 is 11.9 Å². The van der Waals surface area contributed by atoms with Gasteiger partial charge in [-0.1, -0.05) is 13.8 Å². The summed E-state index contributed by atoms with van der Waals surface area (Å²) in [6, 6.07) is -3.94. The van der Waals surface area contributed by atoms with Gasteiger partial charge in [-0.3, -0.25) is 19.2 Å². The number of nitrogens with one attached hydrogen (secondary N) is 4. The van der Waals surface area contributed by atoms with Crippen LogP contribution in [0.25, 0.3) is 0 Å². The molecule has 166 valence electrons. The molecule has 13 heteroatoms. The number of carboxylic acids is 2. The summed E-state index contributed by atoms with van der Waals surface area (Å²) in [5, 5.41) is 25.2. The zero-order chi connectivity index (χ0) is 22.8. The Labute approximate surface area is 171 Å². The molecule has 0 radical (unpaired) electrons. The summed E-state index contributed by atoms with van der Waals surface area (Å²) in [5.74, 6) is -5.51. The van der Waals surface area contributed by atoms with Gasteiger partial charge in [0.25, 0.3) is 0 Å². The van der Waals surface area contributed by atoms with E-state index in [1.807, 2.05) is 0 Å². The maximum absolute atomic E-state index is 12.7. The third-order valence-corrected chi connectivity index (χ3v) is 4.06. The zero-order valence-corrected chi connectivity index (χ0v) is 16.5. The van der Waals surface area contributed by atoms with Crippen molar-refractivity contribution in [3.05, 3.63) is 18.2 Å². The summed E-state index contributed by atoms with van der Waals surface area (Å²) in [6.45, 7) is 2.75. The third-order valence-electron chi connectivity index (χ3n) is 4.06. The molecule has 0 saturated carbocycles. The molecule has 0 fully saturated rings. The van der Waals surface area contributed by atoms with Crippen LogP contribution in [0, 0.1) is 5.92 Å². The fourth-order valence-corrected chi connectivity index (χ4v) is 2.50. The Morgan fingerprint density at radius 3 is 2.17 bits per heavy atom. The van der Waals surface area contributed by atoms with Gasteiger partial charge in [0.15, 0.2) is 0 Å². The van der Waals surface area contributed by atoms with E-state index < -0.39 is 66.7 Å². The number of nitrogens with two attached hydrogens (primary N) is 1. The molecule has 0 aromatic carbocycles. The number of H-pyrrole nitrogens is 1. The minimum Gasteiger partial charge on any atom is -0.481 e. The second kappa shape index (κ2) is 11.5. The van der Waals surface area contributed by atoms with Crippen LogP contribution in [0.15, 0.2) is 12.5 Å². The van der Waals surface area contributed by atoms with Crippen LogP contribution < -0.4 is 21.7 Å². The van der Waals surface area contributed by atoms with Gasteiger partial charge in [-0.25, -0.2) is 9.78 Å². The number of rotatable bonds is 12. The number of hydrogen-bond acceptors (Lipinski definition) is 7. The second-order valence-electron chi connectivity index (χ2n) is 6.83. The van der Waals surface area contributed by atoms with Gasteiger partial charge in [0.2, 0.25) is 17.7 Å². The van der Waals surface area contributed by atoms with Crippen LogP contribution in [0.2, 0.25) is 0 Å². The molecule has 3 amide bonds. The molecule has 1 aromatic rings. The predicted octanol–water partition coefficient (Wildman–Crippen LogP) is -2.42. The van der Waals surface area contributed by atoms with Crippen LogP contribution in [-0.2, 0) is 30.4 Å². The first-order valence-corrected chi connectivity index (χ1v) is 9.07. The van der Waals surface area contributed by atoms with Gasteiger partial charge in [0.05, 0.1) is 19.3 Å². The predicted molar refractivity (Wildman–Crippen MR) is 102 cm³/mol. The lowest BCUT2D eigenvalue weighted by Crippen LogP contribution is -2.57. The number of aliphatic carboxylic acids is 2. The highest BCUT2D eigenvalue weighted by Crippen LogP contribution is 2.06. The van der Waals surface area contributed by atoms with E-state index in [4.69, 9.17) is 10.8 Å². The smallest absolute Gasteiger partial charge is 0.326 e. The van der Waals surface area contributed by atoms with Crippen molar-refractivity contribution < 1.29 is 34.2 Å². The molecule has 0 aliphatic carbocycles. The maximum atomic E-state index is 12.7. The van der Waals surface area contributed by atoms with Crippen molar-refractivity contribution in [2.45, 2.75) is 44.8 Å². The van der Waals surface area contributed by atoms with Gasteiger partial charge in [-0.15, -0.1) is 0 Å². The van der Waals surface area contributed by atoms with E-state index >= 15 is 0 Å². The molecule has 0 bridgehead atoms. The molecule has 3 unspecified atom stereocenters. The highest BCUT2D eigenvalue weighted by atomic mass is 16.4. The lowest BCUT2D eigenvalue weighted by Gasteiger charge is -2.25. The number of amides is 3. The van der Waals surface area contributed by atoms with E-state index in [1.165, 1.54) is 12.5 Å². The monoisotopic (exact) mass is 426 g/mol. The molecule has 1 rings (SSSR count). The molecule has 30 heavy (non-hydrogen) atoms. The van der Waals surface area contributed by atoms with Crippen LogP contribution in [0.4, 0.5) is 0 Å². The number of nitrogens with zero attached hydrogens (tertiary/aromatic N) is 1. The van der Waals surface area contributed by atoms with Crippen LogP contribution in [-0.4, -0.2) is 74.5 Å². The summed E-state index contributed by atoms with van der Waals surface area (Å²) >= 11 is 0. The van der Waals surface area contributed by atoms with Crippen molar-refractivity contribution in [3.8, 4) is 0 Å². The summed E-state index contributed by atoms with van der Waals surface area (Å²) in [5.41, 5.74) is 5.65. The molecule has 13 nitrogen and oxygen atoms in total. The van der Waals surface area contributed by atoms with Crippen molar-refractivity contribution in [3.63, 3.8) is 0 Å². The standard InChI is InChI=1S/C17H26N6O7/c1-8(2)14(17(29)30)23-16(28)10(3-9-6-19-7-20-9)22-15(27)11(4-13(25)26)21-12(24)5-18/h6-8,10-11,14H,3-5,18H2,1-2H3,(H,19,20)(H,21,24)(H,22,27)(H,23,28)(H,25,26)(H,29,30). The first-order valence-electron chi connectivity index (χ1n) is 9.07. The molecule has 0 spiro atoms. The number of aromatic nitrogens is 2. The molecule has 3 atom stereocenters. The molecule has 8 N–H and O–H groups in total. The highest BCUT2D eigenvalue weighted by Gasteiger charge is 2.31. The number of imidazole rings is 1. The maximum Gasteiger partial charge on any atom is 0.326 e. The summed E-state index contributed by atoms with van der Waals surface area (Å²) in [6.07, 6.45) is 1.95. The number of carbonyl (C=O) groups is 5. The van der Waals surface area contributed by atoms with E-state index in [1.54, 1.807) is 13.8 Å². The van der Waals surface area contributed by atoms with E-state index in [-0.39, 0.29) is 6.42 Å². The lowest BCUT2D eigenvalue weighted by atomic mass is 10.0. The number of carbonyl (C=O) groups excluding carboxylic acids is 3. The average molecular weight is 426 g/mol. The van der Waals surface area contributed by atoms with Gasteiger partial charge in [0, 0.05) is 18.3 Å². The molecular weight excluding hydrogens is 400 g/mol. The van der Waals surface area contributed by atoms with E-state index in [9.17, 15) is 29.1 Å². The van der Waals surface area contributed by atoms with Gasteiger partial charge in [0.1, 0.15) is 18.1 Å². The quantitative estimate of drug-likeness (QED) is 0.189. The lowest BCUT2D eigenvalue weighted by molar-refractivity contribution is -0.144. The van der Waals surface area contributed by atoms with Gasteiger partial charge in [-0.2, -0.15) is 0 Å². The summed E-state index contributed by atoms with van der Waals surface area (Å²) < 4.78 is 0. The van der Waals surface area contributed by atoms with Gasteiger partial charge < -0.3 is 36.9 Å². The van der Waals surface area contributed by atoms with Crippen LogP contribution >= 0.6 is 0 Å². The van der Waals surface area contributed by atoms with E-state index in [2.05, 4.69) is 25.9 Å². The first-order chi connectivity index (χ1) is 14.0. The van der Waals surface area contributed by atoms with Crippen LogP contribution in [0.3, 0.4) is 0 Å². The molecule has 0 aliphatic heterocycles. The third kappa shape index (κ3) is 7.87. The second-order valence-corrected chi connectivity index (χ2v) is 6.83. The van der Waals surface area contributed by atoms with Crippen molar-refractivity contribution in [2.24, 2.45) is 11.7 Å². The highest BCUT2D eigenvalue weighted by molar-refractivity contribution is 5.95. The molecule has 0 saturated heterocycles.